The van der Waals surface area contributed by atoms with Crippen molar-refractivity contribution in [1.82, 2.24) is 15.5 Å². The number of hydrogen-bond acceptors (Lipinski definition) is 4. The number of hydrogen-bond donors (Lipinski definition) is 2. The highest BCUT2D eigenvalue weighted by Gasteiger charge is 2.29. The Labute approximate surface area is 137 Å². The molecule has 1 aliphatic heterocycles. The number of nitrogens with one attached hydrogen (secondary N) is 2. The molecular formula is C17H27N3O3. The highest BCUT2D eigenvalue weighted by Crippen LogP contribution is 2.19. The summed E-state index contributed by atoms with van der Waals surface area (Å²) in [5.41, 5.74) is -0.0825. The molecule has 0 unspecified atom stereocenters. The summed E-state index contributed by atoms with van der Waals surface area (Å²) in [5, 5.41) is 5.58. The molecule has 2 heterocycles. The van der Waals surface area contributed by atoms with E-state index >= 15 is 0 Å². The van der Waals surface area contributed by atoms with Crippen LogP contribution in [0, 0.1) is 0 Å². The smallest absolute Gasteiger partial charge is 0.287 e. The van der Waals surface area contributed by atoms with Crippen molar-refractivity contribution in [2.75, 3.05) is 19.6 Å². The van der Waals surface area contributed by atoms with Crippen LogP contribution in [0.25, 0.3) is 0 Å². The maximum absolute atomic E-state index is 12.2. The molecule has 23 heavy (non-hydrogen) atoms. The molecule has 2 amide bonds. The van der Waals surface area contributed by atoms with Crippen molar-refractivity contribution in [3.05, 3.63) is 24.2 Å². The standard InChI is InChI=1S/C17H27N3O3/c1-13(19-16(22)14-8-7-11-23-14)15(21)18-12-17(2,3)20-9-5-4-6-10-20/h7-8,11,13H,4-6,9-10,12H2,1-3H3,(H,18,21)(H,19,22)/t13-/m0/s1. The molecule has 1 saturated heterocycles. The molecule has 1 aromatic rings. The fraction of sp³-hybridized carbons (Fsp3) is 0.647. The first-order valence-electron chi connectivity index (χ1n) is 8.27. The lowest BCUT2D eigenvalue weighted by molar-refractivity contribution is -0.123. The molecule has 2 N–H and O–H groups in total. The number of carbonyl (C=O) groups is 2. The topological polar surface area (TPSA) is 74.6 Å². The quantitative estimate of drug-likeness (QED) is 0.837. The Balaban J connectivity index is 1.80. The predicted molar refractivity (Wildman–Crippen MR) is 88.1 cm³/mol. The molecule has 0 radical (unpaired) electrons. The minimum Gasteiger partial charge on any atom is -0.459 e. The van der Waals surface area contributed by atoms with Crippen molar-refractivity contribution < 1.29 is 14.0 Å². The second-order valence-corrected chi connectivity index (χ2v) is 6.75. The van der Waals surface area contributed by atoms with E-state index in [1.807, 2.05) is 0 Å². The molecule has 1 fully saturated rings. The summed E-state index contributed by atoms with van der Waals surface area (Å²) in [7, 11) is 0. The first-order valence-corrected chi connectivity index (χ1v) is 8.27. The monoisotopic (exact) mass is 321 g/mol. The summed E-state index contributed by atoms with van der Waals surface area (Å²) in [6.07, 6.45) is 5.15. The third-order valence-corrected chi connectivity index (χ3v) is 4.39. The molecule has 6 heteroatoms. The average Bonchev–Trinajstić information content (AvgIpc) is 3.08. The molecule has 0 saturated carbocycles. The van der Waals surface area contributed by atoms with E-state index in [-0.39, 0.29) is 23.1 Å². The van der Waals surface area contributed by atoms with Crippen LogP contribution in [0.3, 0.4) is 0 Å². The van der Waals surface area contributed by atoms with Gasteiger partial charge in [0.05, 0.1) is 6.26 Å². The number of rotatable bonds is 6. The van der Waals surface area contributed by atoms with E-state index < -0.39 is 6.04 Å². The molecule has 1 atom stereocenters. The Morgan fingerprint density at radius 2 is 2.00 bits per heavy atom. The third-order valence-electron chi connectivity index (χ3n) is 4.39. The lowest BCUT2D eigenvalue weighted by Crippen LogP contribution is -2.55. The summed E-state index contributed by atoms with van der Waals surface area (Å²) < 4.78 is 5.02. The van der Waals surface area contributed by atoms with Gasteiger partial charge >= 0.3 is 0 Å². The van der Waals surface area contributed by atoms with Crippen molar-refractivity contribution >= 4 is 11.8 Å². The fourth-order valence-corrected chi connectivity index (χ4v) is 2.81. The third kappa shape index (κ3) is 4.82. The maximum atomic E-state index is 12.2. The highest BCUT2D eigenvalue weighted by atomic mass is 16.3. The molecular weight excluding hydrogens is 294 g/mol. The molecule has 128 valence electrons. The predicted octanol–water partition coefficient (Wildman–Crippen LogP) is 1.78. The van der Waals surface area contributed by atoms with Gasteiger partial charge in [-0.2, -0.15) is 0 Å². The lowest BCUT2D eigenvalue weighted by atomic mass is 9.98. The highest BCUT2D eigenvalue weighted by molar-refractivity contribution is 5.95. The molecule has 2 rings (SSSR count). The Hall–Kier alpha value is -1.82. The maximum Gasteiger partial charge on any atom is 0.287 e. The van der Waals surface area contributed by atoms with E-state index in [0.717, 1.165) is 13.1 Å². The number of nitrogens with zero attached hydrogens (tertiary/aromatic N) is 1. The van der Waals surface area contributed by atoms with Gasteiger partial charge in [-0.25, -0.2) is 0 Å². The second kappa shape index (κ2) is 7.64. The summed E-state index contributed by atoms with van der Waals surface area (Å²) in [4.78, 5) is 26.5. The van der Waals surface area contributed by atoms with Crippen molar-refractivity contribution in [1.29, 1.82) is 0 Å². The zero-order valence-corrected chi connectivity index (χ0v) is 14.2. The van der Waals surface area contributed by atoms with Gasteiger partial charge in [-0.15, -0.1) is 0 Å². The first-order chi connectivity index (χ1) is 10.9. The zero-order valence-electron chi connectivity index (χ0n) is 14.2. The normalized spacial score (nSPS) is 17.5. The van der Waals surface area contributed by atoms with Crippen molar-refractivity contribution in [2.45, 2.75) is 51.6 Å². The Morgan fingerprint density at radius 3 is 2.61 bits per heavy atom. The molecule has 0 bridgehead atoms. The SMILES string of the molecule is C[C@H](NC(=O)c1ccco1)C(=O)NCC(C)(C)N1CCCCC1. The summed E-state index contributed by atoms with van der Waals surface area (Å²) in [5.74, 6) is -0.360. The Kier molecular flexibility index (Phi) is 5.82. The van der Waals surface area contributed by atoms with Crippen LogP contribution >= 0.6 is 0 Å². The van der Waals surface area contributed by atoms with Gasteiger partial charge < -0.3 is 15.1 Å². The average molecular weight is 321 g/mol. The summed E-state index contributed by atoms with van der Waals surface area (Å²) >= 11 is 0. The van der Waals surface area contributed by atoms with Crippen LogP contribution in [0.4, 0.5) is 0 Å². The Morgan fingerprint density at radius 1 is 1.30 bits per heavy atom. The van der Waals surface area contributed by atoms with Gasteiger partial charge in [0.15, 0.2) is 5.76 Å². The van der Waals surface area contributed by atoms with Gasteiger partial charge in [0, 0.05) is 12.1 Å². The van der Waals surface area contributed by atoms with Gasteiger partial charge in [-0.05, 0) is 58.8 Å². The minimum atomic E-state index is -0.607. The zero-order chi connectivity index (χ0) is 16.9. The lowest BCUT2D eigenvalue weighted by Gasteiger charge is -2.41. The van der Waals surface area contributed by atoms with Crippen LogP contribution in [-0.4, -0.2) is 47.9 Å². The van der Waals surface area contributed by atoms with E-state index in [2.05, 4.69) is 29.4 Å². The first kappa shape index (κ1) is 17.5. The van der Waals surface area contributed by atoms with Crippen LogP contribution in [0.2, 0.25) is 0 Å². The van der Waals surface area contributed by atoms with E-state index in [0.29, 0.717) is 6.54 Å². The molecule has 0 spiro atoms. The van der Waals surface area contributed by atoms with Gasteiger partial charge in [-0.3, -0.25) is 14.5 Å². The molecule has 1 aromatic heterocycles. The molecule has 0 aliphatic carbocycles. The van der Waals surface area contributed by atoms with Crippen LogP contribution in [0.5, 0.6) is 0 Å². The second-order valence-electron chi connectivity index (χ2n) is 6.75. The van der Waals surface area contributed by atoms with Gasteiger partial charge in [0.1, 0.15) is 6.04 Å². The molecule has 1 aliphatic rings. The number of furan rings is 1. The van der Waals surface area contributed by atoms with E-state index in [9.17, 15) is 9.59 Å². The van der Waals surface area contributed by atoms with Gasteiger partial charge in [-0.1, -0.05) is 6.42 Å². The van der Waals surface area contributed by atoms with Crippen LogP contribution in [0.1, 0.15) is 50.6 Å². The van der Waals surface area contributed by atoms with Gasteiger partial charge in [0.2, 0.25) is 5.91 Å². The van der Waals surface area contributed by atoms with E-state index in [4.69, 9.17) is 4.42 Å². The number of carbonyl (C=O) groups excluding carboxylic acids is 2. The minimum absolute atomic E-state index is 0.0825. The van der Waals surface area contributed by atoms with Crippen LogP contribution in [0.15, 0.2) is 22.8 Å². The Bertz CT molecular complexity index is 519. The number of likely N-dealkylation sites (tertiary alicyclic amines) is 1. The molecule has 0 aromatic carbocycles. The van der Waals surface area contributed by atoms with Crippen molar-refractivity contribution in [2.24, 2.45) is 0 Å². The number of amides is 2. The van der Waals surface area contributed by atoms with E-state index in [1.165, 1.54) is 25.5 Å². The van der Waals surface area contributed by atoms with Crippen LogP contribution < -0.4 is 10.6 Å². The van der Waals surface area contributed by atoms with Crippen LogP contribution in [-0.2, 0) is 4.79 Å². The largest absolute Gasteiger partial charge is 0.459 e. The summed E-state index contributed by atoms with van der Waals surface area (Å²) in [6.45, 7) is 8.67. The molecule has 6 nitrogen and oxygen atoms in total. The van der Waals surface area contributed by atoms with Crippen molar-refractivity contribution in [3.63, 3.8) is 0 Å². The fourth-order valence-electron chi connectivity index (χ4n) is 2.81. The number of piperidine rings is 1. The van der Waals surface area contributed by atoms with Crippen molar-refractivity contribution in [3.8, 4) is 0 Å². The van der Waals surface area contributed by atoms with Gasteiger partial charge in [0.25, 0.3) is 5.91 Å². The van der Waals surface area contributed by atoms with E-state index in [1.54, 1.807) is 19.1 Å². The summed E-state index contributed by atoms with van der Waals surface area (Å²) in [6, 6.07) is 2.60.